The van der Waals surface area contributed by atoms with Gasteiger partial charge in [-0.3, -0.25) is 4.79 Å². The molecule has 4 heteroatoms. The van der Waals surface area contributed by atoms with Gasteiger partial charge in [0, 0.05) is 24.5 Å². The Morgan fingerprint density at radius 1 is 1.00 bits per heavy atom. The third-order valence-corrected chi connectivity index (χ3v) is 4.77. The van der Waals surface area contributed by atoms with E-state index in [1.54, 1.807) is 0 Å². The van der Waals surface area contributed by atoms with Crippen LogP contribution in [0.3, 0.4) is 0 Å². The van der Waals surface area contributed by atoms with Gasteiger partial charge in [-0.15, -0.1) is 0 Å². The van der Waals surface area contributed by atoms with Gasteiger partial charge in [-0.25, -0.2) is 5.01 Å². The smallest absolute Gasteiger partial charge is 0.256 e. The molecule has 4 nitrogen and oxygen atoms in total. The molecule has 1 amide bonds. The van der Waals surface area contributed by atoms with E-state index in [2.05, 4.69) is 48.1 Å². The summed E-state index contributed by atoms with van der Waals surface area (Å²) in [7, 11) is 0. The van der Waals surface area contributed by atoms with Gasteiger partial charge in [0.2, 0.25) is 0 Å². The summed E-state index contributed by atoms with van der Waals surface area (Å²) in [6.07, 6.45) is 0.691. The van der Waals surface area contributed by atoms with Gasteiger partial charge in [-0.05, 0) is 57.0 Å². The fraction of sp³-hybridized carbons (Fsp3) is 0.333. The molecule has 0 fully saturated rings. The number of carbonyl (C=O) groups excluding carboxylic acids is 1. The number of hydrogen-bond donors (Lipinski definition) is 0. The molecule has 0 saturated heterocycles. The standard InChI is InChI=1S/C21H25N3O/c1-4-23(5-2)18-13-11-17(12-14-18)15-20-16(3)22-24(21(20)25)19-9-7-6-8-10-19/h6-14,20H,4-5,15H2,1-3H3/t20-/m0/s1. The predicted molar refractivity (Wildman–Crippen MR) is 104 cm³/mol. The van der Waals surface area contributed by atoms with Gasteiger partial charge in [-0.1, -0.05) is 30.3 Å². The monoisotopic (exact) mass is 335 g/mol. The molecule has 0 radical (unpaired) electrons. The fourth-order valence-electron chi connectivity index (χ4n) is 3.26. The highest BCUT2D eigenvalue weighted by atomic mass is 16.2. The van der Waals surface area contributed by atoms with Crippen LogP contribution in [-0.2, 0) is 11.2 Å². The van der Waals surface area contributed by atoms with Crippen LogP contribution in [0.2, 0.25) is 0 Å². The second-order valence-electron chi connectivity index (χ2n) is 6.32. The van der Waals surface area contributed by atoms with Crippen molar-refractivity contribution >= 4 is 23.0 Å². The molecule has 1 aliphatic rings. The summed E-state index contributed by atoms with van der Waals surface area (Å²) in [5, 5.41) is 6.01. The summed E-state index contributed by atoms with van der Waals surface area (Å²) >= 11 is 0. The highest BCUT2D eigenvalue weighted by Crippen LogP contribution is 2.26. The van der Waals surface area contributed by atoms with Gasteiger partial charge in [0.05, 0.1) is 11.6 Å². The van der Waals surface area contributed by atoms with Crippen molar-refractivity contribution in [1.82, 2.24) is 0 Å². The molecular formula is C21H25N3O. The van der Waals surface area contributed by atoms with Crippen LogP contribution in [0.1, 0.15) is 26.3 Å². The van der Waals surface area contributed by atoms with Crippen LogP contribution in [0.4, 0.5) is 11.4 Å². The molecule has 1 atom stereocenters. The van der Waals surface area contributed by atoms with E-state index in [-0.39, 0.29) is 11.8 Å². The summed E-state index contributed by atoms with van der Waals surface area (Å²) in [6, 6.07) is 18.1. The number of hydrazone groups is 1. The number of nitrogens with zero attached hydrogens (tertiary/aromatic N) is 3. The average molecular weight is 335 g/mol. The van der Waals surface area contributed by atoms with Crippen LogP contribution in [0.25, 0.3) is 0 Å². The van der Waals surface area contributed by atoms with E-state index in [0.29, 0.717) is 6.42 Å². The number of carbonyl (C=O) groups is 1. The highest BCUT2D eigenvalue weighted by molar-refractivity contribution is 6.14. The Hall–Kier alpha value is -2.62. The van der Waals surface area contributed by atoms with E-state index in [1.807, 2.05) is 37.3 Å². The first-order chi connectivity index (χ1) is 12.1. The normalized spacial score (nSPS) is 16.9. The van der Waals surface area contributed by atoms with Gasteiger partial charge in [0.25, 0.3) is 5.91 Å². The van der Waals surface area contributed by atoms with Gasteiger partial charge in [-0.2, -0.15) is 5.10 Å². The van der Waals surface area contributed by atoms with E-state index in [0.717, 1.165) is 24.5 Å². The molecule has 130 valence electrons. The van der Waals surface area contributed by atoms with Crippen molar-refractivity contribution in [3.8, 4) is 0 Å². The first kappa shape index (κ1) is 17.2. The predicted octanol–water partition coefficient (Wildman–Crippen LogP) is 4.11. The molecule has 0 aliphatic carbocycles. The highest BCUT2D eigenvalue weighted by Gasteiger charge is 2.34. The minimum absolute atomic E-state index is 0.0523. The van der Waals surface area contributed by atoms with Crippen molar-refractivity contribution in [2.75, 3.05) is 23.0 Å². The second kappa shape index (κ2) is 7.51. The molecule has 3 rings (SSSR count). The molecule has 0 spiro atoms. The molecule has 0 bridgehead atoms. The van der Waals surface area contributed by atoms with Gasteiger partial charge < -0.3 is 4.90 Å². The maximum Gasteiger partial charge on any atom is 0.256 e. The minimum Gasteiger partial charge on any atom is -0.372 e. The van der Waals surface area contributed by atoms with E-state index >= 15 is 0 Å². The number of anilines is 2. The van der Waals surface area contributed by atoms with Crippen molar-refractivity contribution in [2.24, 2.45) is 11.0 Å². The second-order valence-corrected chi connectivity index (χ2v) is 6.32. The molecule has 1 heterocycles. The Morgan fingerprint density at radius 3 is 2.24 bits per heavy atom. The third-order valence-electron chi connectivity index (χ3n) is 4.77. The van der Waals surface area contributed by atoms with Crippen molar-refractivity contribution < 1.29 is 4.79 Å². The molecule has 2 aromatic carbocycles. The van der Waals surface area contributed by atoms with Gasteiger partial charge in [0.1, 0.15) is 0 Å². The zero-order valence-electron chi connectivity index (χ0n) is 15.1. The van der Waals surface area contributed by atoms with Crippen LogP contribution in [0, 0.1) is 5.92 Å². The maximum atomic E-state index is 12.8. The van der Waals surface area contributed by atoms with E-state index in [4.69, 9.17) is 0 Å². The van der Waals surface area contributed by atoms with Crippen LogP contribution in [0.15, 0.2) is 59.7 Å². The number of amides is 1. The summed E-state index contributed by atoms with van der Waals surface area (Å²) in [4.78, 5) is 15.1. The Labute approximate surface area is 149 Å². The Morgan fingerprint density at radius 2 is 1.64 bits per heavy atom. The number of para-hydroxylation sites is 1. The van der Waals surface area contributed by atoms with Crippen molar-refractivity contribution in [3.63, 3.8) is 0 Å². The number of hydrogen-bond acceptors (Lipinski definition) is 3. The topological polar surface area (TPSA) is 35.9 Å². The summed E-state index contributed by atoms with van der Waals surface area (Å²) in [6.45, 7) is 8.25. The average Bonchev–Trinajstić information content (AvgIpc) is 2.93. The van der Waals surface area contributed by atoms with Crippen LogP contribution in [0.5, 0.6) is 0 Å². The van der Waals surface area contributed by atoms with E-state index in [1.165, 1.54) is 16.3 Å². The van der Waals surface area contributed by atoms with Crippen LogP contribution >= 0.6 is 0 Å². The number of rotatable bonds is 6. The molecule has 2 aromatic rings. The lowest BCUT2D eigenvalue weighted by atomic mass is 9.95. The Balaban J connectivity index is 1.73. The lowest BCUT2D eigenvalue weighted by Crippen LogP contribution is -2.28. The fourth-order valence-corrected chi connectivity index (χ4v) is 3.26. The number of benzene rings is 2. The molecule has 0 N–H and O–H groups in total. The van der Waals surface area contributed by atoms with Crippen molar-refractivity contribution in [1.29, 1.82) is 0 Å². The van der Waals surface area contributed by atoms with Crippen molar-refractivity contribution in [2.45, 2.75) is 27.2 Å². The van der Waals surface area contributed by atoms with Crippen LogP contribution in [-0.4, -0.2) is 24.7 Å². The summed E-state index contributed by atoms with van der Waals surface area (Å²) < 4.78 is 0. The SMILES string of the molecule is CCN(CC)c1ccc(C[C@@H]2C(=O)N(c3ccccc3)N=C2C)cc1. The first-order valence-electron chi connectivity index (χ1n) is 8.92. The largest absolute Gasteiger partial charge is 0.372 e. The molecule has 1 aliphatic heterocycles. The maximum absolute atomic E-state index is 12.8. The van der Waals surface area contributed by atoms with Crippen molar-refractivity contribution in [3.05, 3.63) is 60.2 Å². The lowest BCUT2D eigenvalue weighted by Gasteiger charge is -2.21. The molecule has 25 heavy (non-hydrogen) atoms. The zero-order valence-corrected chi connectivity index (χ0v) is 15.1. The molecule has 0 aromatic heterocycles. The Bertz CT molecular complexity index is 748. The third kappa shape index (κ3) is 3.58. The van der Waals surface area contributed by atoms with Gasteiger partial charge in [0.15, 0.2) is 0 Å². The van der Waals surface area contributed by atoms with Crippen LogP contribution < -0.4 is 9.91 Å². The van der Waals surface area contributed by atoms with E-state index in [9.17, 15) is 4.79 Å². The van der Waals surface area contributed by atoms with E-state index < -0.39 is 0 Å². The molecule has 0 unspecified atom stereocenters. The Kier molecular flexibility index (Phi) is 5.17. The lowest BCUT2D eigenvalue weighted by molar-refractivity contribution is -0.119. The first-order valence-corrected chi connectivity index (χ1v) is 8.92. The summed E-state index contributed by atoms with van der Waals surface area (Å²) in [5.74, 6) is -0.129. The zero-order chi connectivity index (χ0) is 17.8. The minimum atomic E-state index is -0.181. The molecule has 0 saturated carbocycles. The summed E-state index contributed by atoms with van der Waals surface area (Å²) in [5.41, 5.74) is 4.09. The van der Waals surface area contributed by atoms with Gasteiger partial charge >= 0.3 is 0 Å². The molecular weight excluding hydrogens is 310 g/mol. The quantitative estimate of drug-likeness (QED) is 0.796.